The average molecular weight is 287 g/mol. The van der Waals surface area contributed by atoms with Crippen molar-refractivity contribution in [3.63, 3.8) is 0 Å². The number of H-pyrrole nitrogens is 1. The topological polar surface area (TPSA) is 93.0 Å². The third kappa shape index (κ3) is 4.06. The molecule has 0 unspecified atom stereocenters. The first-order chi connectivity index (χ1) is 10.1. The molecule has 1 heterocycles. The molecule has 1 aromatic heterocycles. The van der Waals surface area contributed by atoms with Gasteiger partial charge in [-0.2, -0.15) is 5.10 Å². The molecular formula is C15H19N4O2. The van der Waals surface area contributed by atoms with Gasteiger partial charge in [0, 0.05) is 11.8 Å². The molecule has 4 N–H and O–H groups in total. The van der Waals surface area contributed by atoms with Crippen LogP contribution in [0.15, 0.2) is 24.4 Å². The van der Waals surface area contributed by atoms with E-state index < -0.39 is 6.04 Å². The molecule has 2 rings (SSSR count). The zero-order chi connectivity index (χ0) is 15.2. The van der Waals surface area contributed by atoms with Gasteiger partial charge in [-0.05, 0) is 43.7 Å². The normalized spacial score (nSPS) is 12.0. The van der Waals surface area contributed by atoms with Crippen LogP contribution in [0.4, 0.5) is 0 Å². The molecule has 0 saturated carbocycles. The summed E-state index contributed by atoms with van der Waals surface area (Å²) in [4.78, 5) is 11.3. The number of aromatic nitrogens is 2. The lowest BCUT2D eigenvalue weighted by molar-refractivity contribution is -0.122. The fourth-order valence-corrected chi connectivity index (χ4v) is 1.84. The van der Waals surface area contributed by atoms with E-state index in [4.69, 9.17) is 10.5 Å². The van der Waals surface area contributed by atoms with Crippen LogP contribution in [0.25, 0.3) is 11.1 Å². The number of benzene rings is 1. The predicted molar refractivity (Wildman–Crippen MR) is 79.8 cm³/mol. The monoisotopic (exact) mass is 287 g/mol. The summed E-state index contributed by atoms with van der Waals surface area (Å²) >= 11 is 0. The van der Waals surface area contributed by atoms with Crippen LogP contribution < -0.4 is 15.8 Å². The Hall–Kier alpha value is -2.34. The van der Waals surface area contributed by atoms with E-state index in [1.165, 1.54) is 0 Å². The van der Waals surface area contributed by atoms with Gasteiger partial charge in [-0.15, -0.1) is 0 Å². The summed E-state index contributed by atoms with van der Waals surface area (Å²) in [5.74, 6) is 0.510. The maximum atomic E-state index is 11.3. The van der Waals surface area contributed by atoms with Crippen LogP contribution in [0.5, 0.6) is 5.75 Å². The van der Waals surface area contributed by atoms with E-state index in [9.17, 15) is 4.79 Å². The lowest BCUT2D eigenvalue weighted by atomic mass is 10.1. The number of carbonyl (C=O) groups is 1. The van der Waals surface area contributed by atoms with Crippen molar-refractivity contribution in [1.82, 2.24) is 15.5 Å². The van der Waals surface area contributed by atoms with Crippen LogP contribution in [0.2, 0.25) is 0 Å². The van der Waals surface area contributed by atoms with Gasteiger partial charge in [0.25, 0.3) is 0 Å². The zero-order valence-corrected chi connectivity index (χ0v) is 12.1. The highest BCUT2D eigenvalue weighted by atomic mass is 16.5. The molecule has 0 aliphatic carbocycles. The summed E-state index contributed by atoms with van der Waals surface area (Å²) in [5, 5.41) is 9.61. The van der Waals surface area contributed by atoms with E-state index in [1.54, 1.807) is 13.0 Å². The summed E-state index contributed by atoms with van der Waals surface area (Å²) < 4.78 is 5.60. The Bertz CT molecular complexity index is 607. The van der Waals surface area contributed by atoms with Crippen LogP contribution in [0, 0.1) is 13.0 Å². The number of rotatable bonds is 6. The molecule has 6 nitrogen and oxygen atoms in total. The van der Waals surface area contributed by atoms with E-state index >= 15 is 0 Å². The number of aryl methyl sites for hydroxylation is 1. The van der Waals surface area contributed by atoms with Crippen LogP contribution in [-0.2, 0) is 4.79 Å². The molecule has 1 radical (unpaired) electrons. The minimum absolute atomic E-state index is 0.187. The van der Waals surface area contributed by atoms with Gasteiger partial charge in [-0.3, -0.25) is 9.89 Å². The average Bonchev–Trinajstić information content (AvgIpc) is 2.89. The Morgan fingerprint density at radius 3 is 3.05 bits per heavy atom. The van der Waals surface area contributed by atoms with Gasteiger partial charge < -0.3 is 15.8 Å². The predicted octanol–water partition coefficient (Wildman–Crippen LogP) is 1.03. The van der Waals surface area contributed by atoms with E-state index in [0.717, 1.165) is 16.8 Å². The highest BCUT2D eigenvalue weighted by Crippen LogP contribution is 2.24. The summed E-state index contributed by atoms with van der Waals surface area (Å²) in [6.07, 6.45) is 1.84. The maximum Gasteiger partial charge on any atom is 0.236 e. The molecule has 6 heteroatoms. The summed E-state index contributed by atoms with van der Waals surface area (Å²) in [6.45, 7) is 4.36. The highest BCUT2D eigenvalue weighted by molar-refractivity contribution is 5.80. The number of carbonyl (C=O) groups excluding carboxylic acids is 1. The zero-order valence-electron chi connectivity index (χ0n) is 12.1. The molecule has 111 valence electrons. The minimum atomic E-state index is -0.509. The van der Waals surface area contributed by atoms with E-state index in [-0.39, 0.29) is 5.91 Å². The van der Waals surface area contributed by atoms with Crippen LogP contribution >= 0.6 is 0 Å². The Kier molecular flexibility index (Phi) is 4.94. The Balaban J connectivity index is 1.90. The second-order valence-corrected chi connectivity index (χ2v) is 4.77. The quantitative estimate of drug-likeness (QED) is 0.692. The van der Waals surface area contributed by atoms with Crippen molar-refractivity contribution in [3.05, 3.63) is 36.2 Å². The van der Waals surface area contributed by atoms with Crippen LogP contribution in [-0.4, -0.2) is 35.3 Å². The molecule has 1 atom stereocenters. The number of amides is 1. The maximum absolute atomic E-state index is 11.3. The van der Waals surface area contributed by atoms with E-state index in [2.05, 4.69) is 21.6 Å². The molecule has 21 heavy (non-hydrogen) atoms. The summed E-state index contributed by atoms with van der Waals surface area (Å²) in [7, 11) is 0. The molecule has 0 spiro atoms. The molecule has 1 aromatic carbocycles. The largest absolute Gasteiger partial charge is 0.492 e. The smallest absolute Gasteiger partial charge is 0.236 e. The summed E-state index contributed by atoms with van der Waals surface area (Å²) in [6, 6.07) is 8.08. The van der Waals surface area contributed by atoms with Gasteiger partial charge in [-0.1, -0.05) is 0 Å². The molecule has 1 amide bonds. The third-order valence-electron chi connectivity index (χ3n) is 2.99. The van der Waals surface area contributed by atoms with E-state index in [0.29, 0.717) is 18.9 Å². The van der Waals surface area contributed by atoms with Crippen LogP contribution in [0.1, 0.15) is 12.6 Å². The van der Waals surface area contributed by atoms with Crippen molar-refractivity contribution >= 4 is 5.91 Å². The Morgan fingerprint density at radius 1 is 1.57 bits per heavy atom. The Labute approximate surface area is 123 Å². The fraction of sp³-hybridized carbons (Fsp3) is 0.333. The molecule has 0 fully saturated rings. The standard InChI is InChI=1S/C15H19N4O2/c1-10(16)15(20)17-6-7-21-13-5-3-4-12(8-13)14-9-18-19-11(14)2/h4-5,8-10H,6-7,16H2,1-2H3,(H,17,20)(H,18,19)/t10-/m1/s1. The molecule has 0 aliphatic heterocycles. The van der Waals surface area contributed by atoms with Gasteiger partial charge in [-0.25, -0.2) is 0 Å². The molecule has 0 saturated heterocycles. The van der Waals surface area contributed by atoms with Gasteiger partial charge in [0.15, 0.2) is 0 Å². The van der Waals surface area contributed by atoms with Crippen molar-refractivity contribution in [2.24, 2.45) is 5.73 Å². The van der Waals surface area contributed by atoms with Gasteiger partial charge in [0.2, 0.25) is 5.91 Å². The first kappa shape index (κ1) is 15.1. The number of hydrogen-bond acceptors (Lipinski definition) is 4. The van der Waals surface area contributed by atoms with Crippen molar-refractivity contribution in [2.45, 2.75) is 19.9 Å². The molecule has 0 bridgehead atoms. The van der Waals surface area contributed by atoms with Crippen LogP contribution in [0.3, 0.4) is 0 Å². The van der Waals surface area contributed by atoms with E-state index in [1.807, 2.05) is 25.3 Å². The number of hydrogen-bond donors (Lipinski definition) is 3. The molecule has 0 aliphatic rings. The third-order valence-corrected chi connectivity index (χ3v) is 2.99. The second-order valence-electron chi connectivity index (χ2n) is 4.77. The number of aromatic amines is 1. The van der Waals surface area contributed by atoms with Crippen molar-refractivity contribution < 1.29 is 9.53 Å². The van der Waals surface area contributed by atoms with Gasteiger partial charge >= 0.3 is 0 Å². The van der Waals surface area contributed by atoms with Crippen molar-refractivity contribution in [3.8, 4) is 16.9 Å². The van der Waals surface area contributed by atoms with Gasteiger partial charge in [0.1, 0.15) is 12.4 Å². The molecule has 2 aromatic rings. The number of nitrogens with one attached hydrogen (secondary N) is 2. The lowest BCUT2D eigenvalue weighted by Crippen LogP contribution is -2.40. The molecular weight excluding hydrogens is 268 g/mol. The number of ether oxygens (including phenoxy) is 1. The first-order valence-corrected chi connectivity index (χ1v) is 6.76. The number of nitrogens with zero attached hydrogens (tertiary/aromatic N) is 1. The Morgan fingerprint density at radius 2 is 2.38 bits per heavy atom. The lowest BCUT2D eigenvalue weighted by Gasteiger charge is -2.10. The number of nitrogens with two attached hydrogens (primary N) is 1. The highest BCUT2D eigenvalue weighted by Gasteiger charge is 2.07. The fourth-order valence-electron chi connectivity index (χ4n) is 1.84. The van der Waals surface area contributed by atoms with Crippen molar-refractivity contribution in [2.75, 3.05) is 13.2 Å². The minimum Gasteiger partial charge on any atom is -0.492 e. The second kappa shape index (κ2) is 6.90. The summed E-state index contributed by atoms with van der Waals surface area (Å²) in [5.41, 5.74) is 8.37. The SMILES string of the molecule is Cc1n[nH]cc1-c1c[c]cc(OCCNC(=O)[C@@H](C)N)c1. The van der Waals surface area contributed by atoms with Gasteiger partial charge in [0.05, 0.1) is 18.3 Å². The first-order valence-electron chi connectivity index (χ1n) is 6.76. The van der Waals surface area contributed by atoms with Crippen molar-refractivity contribution in [1.29, 1.82) is 0 Å².